The number of para-hydroxylation sites is 1. The summed E-state index contributed by atoms with van der Waals surface area (Å²) in [5.41, 5.74) is 3.17. The Balaban J connectivity index is 1.64. The minimum atomic E-state index is -0.235. The molecule has 0 aliphatic rings. The second kappa shape index (κ2) is 8.75. The molecule has 3 rings (SSSR count). The van der Waals surface area contributed by atoms with Crippen molar-refractivity contribution >= 4 is 29.3 Å². The average molecular weight is 395 g/mol. The SMILES string of the molecule is CSc1ccccc1NC(=O)CN(C)C(=O)c1ccc(-n2nccc2C)cc1. The van der Waals surface area contributed by atoms with Gasteiger partial charge in [0.05, 0.1) is 17.9 Å². The maximum Gasteiger partial charge on any atom is 0.254 e. The van der Waals surface area contributed by atoms with Crippen molar-refractivity contribution in [1.29, 1.82) is 0 Å². The van der Waals surface area contributed by atoms with E-state index in [9.17, 15) is 9.59 Å². The van der Waals surface area contributed by atoms with Crippen LogP contribution in [-0.2, 0) is 4.79 Å². The summed E-state index contributed by atoms with van der Waals surface area (Å²) in [5.74, 6) is -0.446. The van der Waals surface area contributed by atoms with Crippen molar-refractivity contribution in [3.63, 3.8) is 0 Å². The Morgan fingerprint density at radius 1 is 1.11 bits per heavy atom. The molecule has 3 aromatic rings. The number of carbonyl (C=O) groups is 2. The molecule has 144 valence electrons. The number of anilines is 1. The van der Waals surface area contributed by atoms with Crippen molar-refractivity contribution < 1.29 is 9.59 Å². The van der Waals surface area contributed by atoms with Gasteiger partial charge < -0.3 is 10.2 Å². The number of benzene rings is 2. The summed E-state index contributed by atoms with van der Waals surface area (Å²) >= 11 is 1.56. The Bertz CT molecular complexity index is 982. The van der Waals surface area contributed by atoms with Crippen molar-refractivity contribution in [3.05, 3.63) is 72.1 Å². The first-order chi connectivity index (χ1) is 13.5. The van der Waals surface area contributed by atoms with E-state index in [4.69, 9.17) is 0 Å². The van der Waals surface area contributed by atoms with Crippen LogP contribution >= 0.6 is 11.8 Å². The lowest BCUT2D eigenvalue weighted by Gasteiger charge is -2.18. The molecule has 0 spiro atoms. The van der Waals surface area contributed by atoms with Crippen molar-refractivity contribution in [2.45, 2.75) is 11.8 Å². The lowest BCUT2D eigenvalue weighted by atomic mass is 10.2. The van der Waals surface area contributed by atoms with E-state index in [1.165, 1.54) is 4.90 Å². The summed E-state index contributed by atoms with van der Waals surface area (Å²) in [6, 6.07) is 16.7. The van der Waals surface area contributed by atoms with E-state index in [1.807, 2.05) is 55.6 Å². The molecule has 28 heavy (non-hydrogen) atoms. The van der Waals surface area contributed by atoms with Crippen LogP contribution in [0.15, 0.2) is 65.7 Å². The number of thioether (sulfide) groups is 1. The third-order valence-corrected chi connectivity index (χ3v) is 5.10. The third-order valence-electron chi connectivity index (χ3n) is 4.30. The first-order valence-corrected chi connectivity index (χ1v) is 10.0. The Morgan fingerprint density at radius 3 is 2.46 bits per heavy atom. The minimum absolute atomic E-state index is 0.0262. The Kier molecular flexibility index (Phi) is 6.16. The number of hydrogen-bond acceptors (Lipinski definition) is 4. The van der Waals surface area contributed by atoms with Crippen LogP contribution in [0.4, 0.5) is 5.69 Å². The molecule has 0 bridgehead atoms. The van der Waals surface area contributed by atoms with Gasteiger partial charge in [0.1, 0.15) is 0 Å². The molecule has 0 aliphatic heterocycles. The number of likely N-dealkylation sites (N-methyl/N-ethyl adjacent to an activating group) is 1. The van der Waals surface area contributed by atoms with Crippen molar-refractivity contribution in [2.24, 2.45) is 0 Å². The molecule has 0 saturated carbocycles. The molecular formula is C21H22N4O2S. The fourth-order valence-electron chi connectivity index (χ4n) is 2.83. The number of rotatable bonds is 6. The monoisotopic (exact) mass is 394 g/mol. The van der Waals surface area contributed by atoms with Crippen LogP contribution in [0, 0.1) is 6.92 Å². The van der Waals surface area contributed by atoms with Gasteiger partial charge in [0, 0.05) is 29.4 Å². The number of aryl methyl sites for hydroxylation is 1. The maximum atomic E-state index is 12.6. The van der Waals surface area contributed by atoms with Crippen LogP contribution in [-0.4, -0.2) is 46.3 Å². The molecule has 1 N–H and O–H groups in total. The zero-order chi connectivity index (χ0) is 20.1. The van der Waals surface area contributed by atoms with E-state index >= 15 is 0 Å². The van der Waals surface area contributed by atoms with Crippen molar-refractivity contribution in [1.82, 2.24) is 14.7 Å². The summed E-state index contributed by atoms with van der Waals surface area (Å²) < 4.78 is 1.80. The fourth-order valence-corrected chi connectivity index (χ4v) is 3.38. The lowest BCUT2D eigenvalue weighted by Crippen LogP contribution is -2.35. The molecule has 0 radical (unpaired) electrons. The van der Waals surface area contributed by atoms with E-state index in [0.29, 0.717) is 5.56 Å². The van der Waals surface area contributed by atoms with E-state index in [2.05, 4.69) is 10.4 Å². The van der Waals surface area contributed by atoms with Gasteiger partial charge in [0.15, 0.2) is 0 Å². The first kappa shape index (κ1) is 19.7. The van der Waals surface area contributed by atoms with Crippen LogP contribution in [0.25, 0.3) is 5.69 Å². The van der Waals surface area contributed by atoms with Crippen LogP contribution in [0.2, 0.25) is 0 Å². The fraction of sp³-hybridized carbons (Fsp3) is 0.190. The molecule has 1 heterocycles. The minimum Gasteiger partial charge on any atom is -0.332 e. The molecule has 6 nitrogen and oxygen atoms in total. The van der Waals surface area contributed by atoms with Gasteiger partial charge in [-0.25, -0.2) is 4.68 Å². The molecule has 1 aromatic heterocycles. The van der Waals surface area contributed by atoms with Crippen LogP contribution in [0.3, 0.4) is 0 Å². The van der Waals surface area contributed by atoms with E-state index in [1.54, 1.807) is 41.8 Å². The zero-order valence-electron chi connectivity index (χ0n) is 16.0. The highest BCUT2D eigenvalue weighted by atomic mass is 32.2. The largest absolute Gasteiger partial charge is 0.332 e. The summed E-state index contributed by atoms with van der Waals surface area (Å²) in [4.78, 5) is 27.4. The van der Waals surface area contributed by atoms with E-state index < -0.39 is 0 Å². The first-order valence-electron chi connectivity index (χ1n) is 8.79. The highest BCUT2D eigenvalue weighted by Crippen LogP contribution is 2.24. The van der Waals surface area contributed by atoms with Crippen LogP contribution in [0.1, 0.15) is 16.1 Å². The third kappa shape index (κ3) is 4.43. The summed E-state index contributed by atoms with van der Waals surface area (Å²) in [7, 11) is 1.62. The standard InChI is InChI=1S/C21H22N4O2S/c1-15-12-13-22-25(15)17-10-8-16(9-11-17)21(27)24(2)14-20(26)23-18-6-4-5-7-19(18)28-3/h4-13H,14H2,1-3H3,(H,23,26). The van der Waals surface area contributed by atoms with Crippen LogP contribution in [0.5, 0.6) is 0 Å². The molecule has 0 fully saturated rings. The van der Waals surface area contributed by atoms with Gasteiger partial charge in [-0.15, -0.1) is 11.8 Å². The molecule has 0 atom stereocenters. The van der Waals surface area contributed by atoms with Crippen LogP contribution < -0.4 is 5.32 Å². The number of amides is 2. The molecule has 2 amide bonds. The maximum absolute atomic E-state index is 12.6. The summed E-state index contributed by atoms with van der Waals surface area (Å²) in [6.45, 7) is 1.94. The van der Waals surface area contributed by atoms with Gasteiger partial charge in [0.2, 0.25) is 5.91 Å². The Hall–Kier alpha value is -3.06. The normalized spacial score (nSPS) is 10.5. The number of nitrogens with zero attached hydrogens (tertiary/aromatic N) is 3. The van der Waals surface area contributed by atoms with Gasteiger partial charge in [-0.1, -0.05) is 12.1 Å². The number of nitrogens with one attached hydrogen (secondary N) is 1. The molecule has 0 unspecified atom stereocenters. The van der Waals surface area contributed by atoms with Gasteiger partial charge in [0.25, 0.3) is 5.91 Å². The zero-order valence-corrected chi connectivity index (χ0v) is 16.9. The van der Waals surface area contributed by atoms with Gasteiger partial charge in [-0.05, 0) is 55.6 Å². The van der Waals surface area contributed by atoms with E-state index in [0.717, 1.165) is 22.0 Å². The topological polar surface area (TPSA) is 67.2 Å². The van der Waals surface area contributed by atoms with Crippen molar-refractivity contribution in [3.8, 4) is 5.69 Å². The second-order valence-corrected chi connectivity index (χ2v) is 7.19. The lowest BCUT2D eigenvalue weighted by molar-refractivity contribution is -0.116. The van der Waals surface area contributed by atoms with Crippen molar-refractivity contribution in [2.75, 3.05) is 25.2 Å². The second-order valence-electron chi connectivity index (χ2n) is 6.34. The number of hydrogen-bond donors (Lipinski definition) is 1. The predicted octanol–water partition coefficient (Wildman–Crippen LogP) is 3.61. The number of carbonyl (C=O) groups excluding carboxylic acids is 2. The highest BCUT2D eigenvalue weighted by Gasteiger charge is 2.16. The summed E-state index contributed by atoms with van der Waals surface area (Å²) in [6.07, 6.45) is 3.69. The quantitative estimate of drug-likeness (QED) is 0.649. The predicted molar refractivity (Wildman–Crippen MR) is 112 cm³/mol. The van der Waals surface area contributed by atoms with Gasteiger partial charge >= 0.3 is 0 Å². The molecule has 2 aromatic carbocycles. The van der Waals surface area contributed by atoms with Gasteiger partial charge in [-0.3, -0.25) is 9.59 Å². The Morgan fingerprint density at radius 2 is 1.82 bits per heavy atom. The summed E-state index contributed by atoms with van der Waals surface area (Å²) in [5, 5.41) is 7.12. The number of aromatic nitrogens is 2. The Labute approximate surface area is 168 Å². The molecule has 7 heteroatoms. The smallest absolute Gasteiger partial charge is 0.254 e. The molecule has 0 saturated heterocycles. The average Bonchev–Trinajstić information content (AvgIpc) is 3.13. The molecular weight excluding hydrogens is 372 g/mol. The van der Waals surface area contributed by atoms with Gasteiger partial charge in [-0.2, -0.15) is 5.10 Å². The highest BCUT2D eigenvalue weighted by molar-refractivity contribution is 7.98. The molecule has 0 aliphatic carbocycles. The van der Waals surface area contributed by atoms with E-state index in [-0.39, 0.29) is 18.4 Å².